The van der Waals surface area contributed by atoms with Gasteiger partial charge in [0.05, 0.1) is 5.69 Å². The molecule has 0 aromatic carbocycles. The summed E-state index contributed by atoms with van der Waals surface area (Å²) in [5.74, 6) is 0. The van der Waals surface area contributed by atoms with Crippen LogP contribution in [0.25, 0.3) is 0 Å². The molecule has 14 heavy (non-hydrogen) atoms. The molecule has 2 rings (SSSR count). The molecule has 1 fully saturated rings. The van der Waals surface area contributed by atoms with Gasteiger partial charge in [-0.05, 0) is 45.2 Å². The van der Waals surface area contributed by atoms with E-state index >= 15 is 0 Å². The van der Waals surface area contributed by atoms with Crippen LogP contribution in [0.4, 0.5) is 0 Å². The van der Waals surface area contributed by atoms with Crippen LogP contribution in [0.1, 0.15) is 31.4 Å². The van der Waals surface area contributed by atoms with Crippen LogP contribution in [-0.2, 0) is 6.54 Å². The van der Waals surface area contributed by atoms with Crippen LogP contribution in [0.15, 0.2) is 12.3 Å². The van der Waals surface area contributed by atoms with Gasteiger partial charge < -0.3 is 5.32 Å². The van der Waals surface area contributed by atoms with Crippen LogP contribution < -0.4 is 5.32 Å². The van der Waals surface area contributed by atoms with E-state index in [-0.39, 0.29) is 0 Å². The molecule has 78 valence electrons. The molecule has 1 aliphatic rings. The largest absolute Gasteiger partial charge is 0.314 e. The van der Waals surface area contributed by atoms with Crippen molar-refractivity contribution in [3.05, 3.63) is 18.0 Å². The minimum Gasteiger partial charge on any atom is -0.314 e. The molecule has 0 bridgehead atoms. The summed E-state index contributed by atoms with van der Waals surface area (Å²) in [5, 5.41) is 7.87. The van der Waals surface area contributed by atoms with E-state index in [1.54, 1.807) is 0 Å². The first-order valence-corrected chi connectivity index (χ1v) is 5.58. The van der Waals surface area contributed by atoms with E-state index in [2.05, 4.69) is 22.7 Å². The van der Waals surface area contributed by atoms with Gasteiger partial charge >= 0.3 is 0 Å². The van der Waals surface area contributed by atoms with Crippen molar-refractivity contribution in [2.75, 3.05) is 6.54 Å². The second kappa shape index (κ2) is 4.60. The van der Waals surface area contributed by atoms with Gasteiger partial charge in [-0.15, -0.1) is 0 Å². The molecule has 0 unspecified atom stereocenters. The monoisotopic (exact) mass is 193 g/mol. The number of nitrogens with zero attached hydrogens (tertiary/aromatic N) is 2. The Morgan fingerprint density at radius 2 is 2.36 bits per heavy atom. The lowest BCUT2D eigenvalue weighted by atomic mass is 10.3. The Labute approximate surface area is 85.5 Å². The Kier molecular flexibility index (Phi) is 3.19. The fraction of sp³-hybridized carbons (Fsp3) is 0.727. The van der Waals surface area contributed by atoms with Gasteiger partial charge in [0.2, 0.25) is 0 Å². The second-order valence-electron chi connectivity index (χ2n) is 4.16. The van der Waals surface area contributed by atoms with Crippen molar-refractivity contribution in [3.63, 3.8) is 0 Å². The number of aromatic nitrogens is 2. The first kappa shape index (κ1) is 9.71. The Bertz CT molecular complexity index is 276. The summed E-state index contributed by atoms with van der Waals surface area (Å²) in [6, 6.07) is 2.91. The van der Waals surface area contributed by atoms with Crippen molar-refractivity contribution in [2.45, 2.75) is 45.2 Å². The summed E-state index contributed by atoms with van der Waals surface area (Å²) in [4.78, 5) is 0. The minimum absolute atomic E-state index is 0.849. The molecular formula is C11H19N3. The van der Waals surface area contributed by atoms with Gasteiger partial charge in [0.15, 0.2) is 0 Å². The third-order valence-electron chi connectivity index (χ3n) is 2.60. The zero-order chi connectivity index (χ0) is 9.80. The molecule has 0 atom stereocenters. The highest BCUT2D eigenvalue weighted by atomic mass is 15.3. The Morgan fingerprint density at radius 3 is 3.00 bits per heavy atom. The fourth-order valence-corrected chi connectivity index (χ4v) is 1.58. The van der Waals surface area contributed by atoms with E-state index in [9.17, 15) is 0 Å². The molecule has 1 aromatic heterocycles. The van der Waals surface area contributed by atoms with Crippen molar-refractivity contribution in [2.24, 2.45) is 0 Å². The first-order chi connectivity index (χ1) is 6.84. The van der Waals surface area contributed by atoms with Gasteiger partial charge in [-0.2, -0.15) is 5.10 Å². The molecule has 1 N–H and O–H groups in total. The van der Waals surface area contributed by atoms with Crippen LogP contribution in [0.2, 0.25) is 0 Å². The smallest absolute Gasteiger partial charge is 0.0593 e. The summed E-state index contributed by atoms with van der Waals surface area (Å²) in [5.41, 5.74) is 1.11. The maximum atomic E-state index is 4.35. The number of unbranched alkanes of at least 4 members (excludes halogenated alkanes) is 1. The third kappa shape index (κ3) is 3.14. The molecule has 0 aliphatic heterocycles. The fourth-order valence-electron chi connectivity index (χ4n) is 1.58. The maximum absolute atomic E-state index is 4.35. The van der Waals surface area contributed by atoms with Crippen LogP contribution >= 0.6 is 0 Å². The Hall–Kier alpha value is -0.830. The van der Waals surface area contributed by atoms with E-state index in [0.717, 1.165) is 18.3 Å². The lowest BCUT2D eigenvalue weighted by molar-refractivity contribution is 0.532. The van der Waals surface area contributed by atoms with Gasteiger partial charge in [0.1, 0.15) is 0 Å². The molecule has 0 spiro atoms. The van der Waals surface area contributed by atoms with Crippen molar-refractivity contribution >= 4 is 0 Å². The molecule has 1 aromatic rings. The van der Waals surface area contributed by atoms with Gasteiger partial charge in [0.25, 0.3) is 0 Å². The SMILES string of the molecule is Cc1ccn(CCCCNC2CC2)n1. The van der Waals surface area contributed by atoms with Gasteiger partial charge in [-0.1, -0.05) is 0 Å². The number of nitrogens with one attached hydrogen (secondary N) is 1. The summed E-state index contributed by atoms with van der Waals surface area (Å²) in [7, 11) is 0. The molecule has 0 amide bonds. The molecule has 1 saturated carbocycles. The topological polar surface area (TPSA) is 29.9 Å². The second-order valence-corrected chi connectivity index (χ2v) is 4.16. The van der Waals surface area contributed by atoms with Crippen LogP contribution in [0.3, 0.4) is 0 Å². The Balaban J connectivity index is 1.53. The molecule has 1 aliphatic carbocycles. The average molecular weight is 193 g/mol. The van der Waals surface area contributed by atoms with E-state index < -0.39 is 0 Å². The van der Waals surface area contributed by atoms with Gasteiger partial charge in [0, 0.05) is 18.8 Å². The molecule has 3 nitrogen and oxygen atoms in total. The lowest BCUT2D eigenvalue weighted by Crippen LogP contribution is -2.17. The van der Waals surface area contributed by atoms with E-state index in [4.69, 9.17) is 0 Å². The van der Waals surface area contributed by atoms with Crippen LogP contribution in [-0.4, -0.2) is 22.4 Å². The highest BCUT2D eigenvalue weighted by Crippen LogP contribution is 2.18. The van der Waals surface area contributed by atoms with Crippen molar-refractivity contribution in [3.8, 4) is 0 Å². The summed E-state index contributed by atoms with van der Waals surface area (Å²) in [6.07, 6.45) is 7.32. The highest BCUT2D eigenvalue weighted by Gasteiger charge is 2.19. The normalized spacial score (nSPS) is 16.1. The molecule has 0 saturated heterocycles. The average Bonchev–Trinajstić information content (AvgIpc) is 2.89. The van der Waals surface area contributed by atoms with Crippen molar-refractivity contribution in [1.29, 1.82) is 0 Å². The minimum atomic E-state index is 0.849. The third-order valence-corrected chi connectivity index (χ3v) is 2.60. The number of hydrogen-bond donors (Lipinski definition) is 1. The molecule has 0 radical (unpaired) electrons. The standard InChI is InChI=1S/C11H19N3/c1-10-6-9-14(13-10)8-3-2-7-12-11-4-5-11/h6,9,11-12H,2-5,7-8H2,1H3. The number of rotatable bonds is 6. The molecule has 3 heteroatoms. The van der Waals surface area contributed by atoms with E-state index in [1.165, 1.54) is 32.2 Å². The Morgan fingerprint density at radius 1 is 1.50 bits per heavy atom. The van der Waals surface area contributed by atoms with E-state index in [1.807, 2.05) is 11.6 Å². The summed E-state index contributed by atoms with van der Waals surface area (Å²) in [6.45, 7) is 4.26. The summed E-state index contributed by atoms with van der Waals surface area (Å²) >= 11 is 0. The van der Waals surface area contributed by atoms with Crippen molar-refractivity contribution < 1.29 is 0 Å². The van der Waals surface area contributed by atoms with Gasteiger partial charge in [-0.3, -0.25) is 4.68 Å². The van der Waals surface area contributed by atoms with Crippen LogP contribution in [0.5, 0.6) is 0 Å². The van der Waals surface area contributed by atoms with E-state index in [0.29, 0.717) is 0 Å². The zero-order valence-electron chi connectivity index (χ0n) is 8.87. The lowest BCUT2D eigenvalue weighted by Gasteiger charge is -2.02. The number of aryl methyl sites for hydroxylation is 2. The predicted octanol–water partition coefficient (Wildman–Crippen LogP) is 1.72. The highest BCUT2D eigenvalue weighted by molar-refractivity contribution is 4.94. The van der Waals surface area contributed by atoms with Crippen molar-refractivity contribution in [1.82, 2.24) is 15.1 Å². The summed E-state index contributed by atoms with van der Waals surface area (Å²) < 4.78 is 2.03. The molecule has 1 heterocycles. The molecular weight excluding hydrogens is 174 g/mol. The number of hydrogen-bond acceptors (Lipinski definition) is 2. The predicted molar refractivity (Wildman–Crippen MR) is 57.2 cm³/mol. The maximum Gasteiger partial charge on any atom is 0.0593 e. The zero-order valence-corrected chi connectivity index (χ0v) is 8.87. The quantitative estimate of drug-likeness (QED) is 0.697. The van der Waals surface area contributed by atoms with Gasteiger partial charge in [-0.25, -0.2) is 0 Å². The van der Waals surface area contributed by atoms with Crippen LogP contribution in [0, 0.1) is 6.92 Å². The first-order valence-electron chi connectivity index (χ1n) is 5.58.